The van der Waals surface area contributed by atoms with E-state index in [2.05, 4.69) is 19.9 Å². The van der Waals surface area contributed by atoms with E-state index in [1.54, 1.807) is 6.33 Å². The molecule has 0 saturated heterocycles. The van der Waals surface area contributed by atoms with Crippen LogP contribution in [0.15, 0.2) is 47.4 Å². The van der Waals surface area contributed by atoms with Crippen LogP contribution < -0.4 is 5.73 Å². The summed E-state index contributed by atoms with van der Waals surface area (Å²) in [6.45, 7) is 0. The van der Waals surface area contributed by atoms with Gasteiger partial charge in [0.15, 0.2) is 11.3 Å². The number of oxazole rings is 1. The van der Waals surface area contributed by atoms with Gasteiger partial charge in [-0.05, 0) is 0 Å². The molecule has 1 aromatic carbocycles. The van der Waals surface area contributed by atoms with Gasteiger partial charge in [-0.15, -0.1) is 0 Å². The summed E-state index contributed by atoms with van der Waals surface area (Å²) in [5, 5.41) is 0. The van der Waals surface area contributed by atoms with E-state index in [-0.39, 0.29) is 0 Å². The Morgan fingerprint density at radius 2 is 1.91 bits per heavy atom. The number of benzene rings is 1. The van der Waals surface area contributed by atoms with Crippen LogP contribution in [0.4, 0.5) is 5.82 Å². The van der Waals surface area contributed by atoms with Gasteiger partial charge >= 0.3 is 0 Å². The molecule has 22 heavy (non-hydrogen) atoms. The fourth-order valence-electron chi connectivity index (χ4n) is 2.36. The van der Waals surface area contributed by atoms with Crippen molar-refractivity contribution in [1.29, 1.82) is 0 Å². The number of aryl methyl sites for hydroxylation is 1. The standard InChI is InChI=1S/C15H12N6O/c1-21-8-19-10(9-5-3-2-4-6-9)12(21)15-20-11-13(16)17-7-18-14(11)22-15/h2-8H,1H3,(H2,16,17,18). The molecule has 3 heterocycles. The molecule has 2 N–H and O–H groups in total. The van der Waals surface area contributed by atoms with Crippen LogP contribution >= 0.6 is 0 Å². The summed E-state index contributed by atoms with van der Waals surface area (Å²) in [6.07, 6.45) is 3.08. The van der Waals surface area contributed by atoms with Gasteiger partial charge in [0.1, 0.15) is 17.7 Å². The molecule has 0 fully saturated rings. The average molecular weight is 292 g/mol. The number of nitrogens with zero attached hydrogens (tertiary/aromatic N) is 5. The smallest absolute Gasteiger partial charge is 0.252 e. The lowest BCUT2D eigenvalue weighted by atomic mass is 10.1. The predicted molar refractivity (Wildman–Crippen MR) is 81.6 cm³/mol. The van der Waals surface area contributed by atoms with Crippen LogP contribution in [0.3, 0.4) is 0 Å². The number of nitrogen functional groups attached to an aromatic ring is 1. The van der Waals surface area contributed by atoms with E-state index in [1.807, 2.05) is 41.9 Å². The number of aromatic nitrogens is 5. The zero-order valence-electron chi connectivity index (χ0n) is 11.8. The molecule has 108 valence electrons. The Morgan fingerprint density at radius 3 is 2.68 bits per heavy atom. The van der Waals surface area contributed by atoms with Gasteiger partial charge in [0.05, 0.1) is 6.33 Å². The van der Waals surface area contributed by atoms with Crippen LogP contribution in [-0.4, -0.2) is 24.5 Å². The highest BCUT2D eigenvalue weighted by atomic mass is 16.4. The summed E-state index contributed by atoms with van der Waals surface area (Å²) >= 11 is 0. The van der Waals surface area contributed by atoms with Gasteiger partial charge in [-0.3, -0.25) is 0 Å². The summed E-state index contributed by atoms with van der Waals surface area (Å²) < 4.78 is 7.59. The second-order valence-electron chi connectivity index (χ2n) is 4.85. The van der Waals surface area contributed by atoms with Gasteiger partial charge in [-0.25, -0.2) is 15.0 Å². The SMILES string of the molecule is Cn1cnc(-c2ccccc2)c1-c1nc2c(N)ncnc2o1. The molecule has 0 unspecified atom stereocenters. The third-order valence-corrected chi connectivity index (χ3v) is 3.41. The molecule has 4 aromatic rings. The average Bonchev–Trinajstić information content (AvgIpc) is 3.12. The highest BCUT2D eigenvalue weighted by molar-refractivity contribution is 5.83. The lowest BCUT2D eigenvalue weighted by Crippen LogP contribution is -1.93. The number of hydrogen-bond acceptors (Lipinski definition) is 6. The molecule has 0 atom stereocenters. The first-order chi connectivity index (χ1) is 10.7. The normalized spacial score (nSPS) is 11.1. The van der Waals surface area contributed by atoms with Crippen LogP contribution in [0.2, 0.25) is 0 Å². The van der Waals surface area contributed by atoms with Gasteiger partial charge in [-0.2, -0.15) is 4.98 Å². The molecule has 0 bridgehead atoms. The maximum absolute atomic E-state index is 5.81. The van der Waals surface area contributed by atoms with Crippen molar-refractivity contribution in [2.45, 2.75) is 0 Å². The molecule has 0 amide bonds. The number of imidazole rings is 1. The van der Waals surface area contributed by atoms with Crippen molar-refractivity contribution in [2.75, 3.05) is 5.73 Å². The third-order valence-electron chi connectivity index (χ3n) is 3.41. The minimum absolute atomic E-state index is 0.295. The Bertz CT molecular complexity index is 957. The number of fused-ring (bicyclic) bond motifs is 1. The monoisotopic (exact) mass is 292 g/mol. The summed E-state index contributed by atoms with van der Waals surface area (Å²) in [5.41, 5.74) is 9.18. The van der Waals surface area contributed by atoms with E-state index in [9.17, 15) is 0 Å². The van der Waals surface area contributed by atoms with E-state index >= 15 is 0 Å². The zero-order valence-corrected chi connectivity index (χ0v) is 11.8. The molecule has 0 radical (unpaired) electrons. The van der Waals surface area contributed by atoms with Gasteiger partial charge in [-0.1, -0.05) is 30.3 Å². The number of rotatable bonds is 2. The van der Waals surface area contributed by atoms with Crippen molar-refractivity contribution in [3.63, 3.8) is 0 Å². The van der Waals surface area contributed by atoms with Crippen molar-refractivity contribution in [3.8, 4) is 22.8 Å². The largest absolute Gasteiger partial charge is 0.416 e. The molecule has 0 aliphatic carbocycles. The van der Waals surface area contributed by atoms with Gasteiger partial charge in [0, 0.05) is 12.6 Å². The van der Waals surface area contributed by atoms with Crippen LogP contribution in [-0.2, 0) is 7.05 Å². The first kappa shape index (κ1) is 12.5. The molecule has 0 aliphatic heterocycles. The Hall–Kier alpha value is -3.22. The van der Waals surface area contributed by atoms with Crippen molar-refractivity contribution >= 4 is 17.0 Å². The fourth-order valence-corrected chi connectivity index (χ4v) is 2.36. The molecule has 0 spiro atoms. The minimum Gasteiger partial charge on any atom is -0.416 e. The molecule has 7 heteroatoms. The second kappa shape index (κ2) is 4.66. The van der Waals surface area contributed by atoms with E-state index in [4.69, 9.17) is 10.2 Å². The Kier molecular flexibility index (Phi) is 2.65. The maximum Gasteiger partial charge on any atom is 0.252 e. The van der Waals surface area contributed by atoms with Crippen molar-refractivity contribution < 1.29 is 4.42 Å². The highest BCUT2D eigenvalue weighted by Gasteiger charge is 2.20. The Labute approximate surface area is 125 Å². The molecular weight excluding hydrogens is 280 g/mol. The first-order valence-electron chi connectivity index (χ1n) is 6.68. The number of nitrogens with two attached hydrogens (primary N) is 1. The van der Waals surface area contributed by atoms with E-state index in [0.717, 1.165) is 17.0 Å². The number of anilines is 1. The predicted octanol–water partition coefficient (Wildman–Crippen LogP) is 2.27. The first-order valence-corrected chi connectivity index (χ1v) is 6.68. The fraction of sp³-hybridized carbons (Fsp3) is 0.0667. The van der Waals surface area contributed by atoms with E-state index in [0.29, 0.717) is 22.9 Å². The van der Waals surface area contributed by atoms with Crippen LogP contribution in [0, 0.1) is 0 Å². The van der Waals surface area contributed by atoms with Crippen LogP contribution in [0.1, 0.15) is 0 Å². The number of hydrogen-bond donors (Lipinski definition) is 1. The molecular formula is C15H12N6O. The third kappa shape index (κ3) is 1.83. The Balaban J connectivity index is 1.95. The topological polar surface area (TPSA) is 95.7 Å². The summed E-state index contributed by atoms with van der Waals surface area (Å²) in [4.78, 5) is 16.9. The lowest BCUT2D eigenvalue weighted by molar-refractivity contribution is 0.600. The zero-order chi connectivity index (χ0) is 15.1. The highest BCUT2D eigenvalue weighted by Crippen LogP contribution is 2.32. The Morgan fingerprint density at radius 1 is 1.09 bits per heavy atom. The lowest BCUT2D eigenvalue weighted by Gasteiger charge is -2.01. The molecule has 4 rings (SSSR count). The van der Waals surface area contributed by atoms with Crippen LogP contribution in [0.5, 0.6) is 0 Å². The van der Waals surface area contributed by atoms with Gasteiger partial charge in [0.2, 0.25) is 5.89 Å². The van der Waals surface area contributed by atoms with Crippen molar-refractivity contribution in [1.82, 2.24) is 24.5 Å². The second-order valence-corrected chi connectivity index (χ2v) is 4.85. The summed E-state index contributed by atoms with van der Waals surface area (Å²) in [7, 11) is 1.89. The van der Waals surface area contributed by atoms with E-state index < -0.39 is 0 Å². The van der Waals surface area contributed by atoms with Crippen molar-refractivity contribution in [2.24, 2.45) is 7.05 Å². The van der Waals surface area contributed by atoms with Crippen LogP contribution in [0.25, 0.3) is 34.1 Å². The molecule has 0 saturated carbocycles. The molecule has 7 nitrogen and oxygen atoms in total. The van der Waals surface area contributed by atoms with Gasteiger partial charge < -0.3 is 14.7 Å². The molecule has 0 aliphatic rings. The summed E-state index contributed by atoms with van der Waals surface area (Å²) in [5.74, 6) is 0.712. The van der Waals surface area contributed by atoms with E-state index in [1.165, 1.54) is 6.33 Å². The van der Waals surface area contributed by atoms with Crippen molar-refractivity contribution in [3.05, 3.63) is 43.0 Å². The molecule has 3 aromatic heterocycles. The maximum atomic E-state index is 5.81. The summed E-state index contributed by atoms with van der Waals surface area (Å²) in [6, 6.07) is 9.86. The quantitative estimate of drug-likeness (QED) is 0.609. The van der Waals surface area contributed by atoms with Gasteiger partial charge in [0.25, 0.3) is 5.71 Å². The minimum atomic E-state index is 0.295.